The lowest BCUT2D eigenvalue weighted by atomic mass is 10.0. The molecule has 3 rings (SSSR count). The number of carbonyl (C=O) groups is 1. The monoisotopic (exact) mass is 360 g/mol. The topological polar surface area (TPSA) is 61.4 Å². The molecule has 3 aromatic carbocycles. The van der Waals surface area contributed by atoms with Gasteiger partial charge in [-0.1, -0.05) is 54.6 Å². The summed E-state index contributed by atoms with van der Waals surface area (Å²) in [5.41, 5.74) is 5.37. The number of aliphatic hydroxyl groups is 1. The molecule has 0 aromatic heterocycles. The summed E-state index contributed by atoms with van der Waals surface area (Å²) in [6.07, 6.45) is 0. The lowest BCUT2D eigenvalue weighted by molar-refractivity contribution is -0.117. The molecule has 0 saturated carbocycles. The van der Waals surface area contributed by atoms with E-state index in [1.807, 2.05) is 86.6 Å². The Hall–Kier alpha value is -3.11. The summed E-state index contributed by atoms with van der Waals surface area (Å²) < 4.78 is 0. The van der Waals surface area contributed by atoms with Crippen LogP contribution in [0.15, 0.2) is 72.8 Å². The van der Waals surface area contributed by atoms with Gasteiger partial charge in [-0.2, -0.15) is 0 Å². The minimum Gasteiger partial charge on any atom is -0.392 e. The number of anilines is 2. The van der Waals surface area contributed by atoms with Crippen LogP contribution in [-0.4, -0.2) is 11.0 Å². The third-order valence-electron chi connectivity index (χ3n) is 4.47. The van der Waals surface area contributed by atoms with E-state index in [0.29, 0.717) is 0 Å². The zero-order valence-electron chi connectivity index (χ0n) is 15.6. The summed E-state index contributed by atoms with van der Waals surface area (Å²) in [6, 6.07) is 22.5. The highest BCUT2D eigenvalue weighted by Gasteiger charge is 2.21. The molecule has 3 N–H and O–H groups in total. The SMILES string of the molecule is Cc1ccc(C)c(NC(=O)[C@H](Nc2cccc(CO)c2)c2ccccc2)c1. The van der Waals surface area contributed by atoms with Crippen LogP contribution in [0.5, 0.6) is 0 Å². The van der Waals surface area contributed by atoms with Crippen molar-refractivity contribution in [2.45, 2.75) is 26.5 Å². The average Bonchev–Trinajstić information content (AvgIpc) is 2.69. The van der Waals surface area contributed by atoms with Gasteiger partial charge < -0.3 is 15.7 Å². The van der Waals surface area contributed by atoms with Gasteiger partial charge >= 0.3 is 0 Å². The number of amides is 1. The molecule has 0 heterocycles. The molecule has 0 fully saturated rings. The number of aryl methyl sites for hydroxylation is 2. The minimum atomic E-state index is -0.556. The number of carbonyl (C=O) groups excluding carboxylic acids is 1. The van der Waals surface area contributed by atoms with Crippen LogP contribution in [0.2, 0.25) is 0 Å². The molecule has 1 atom stereocenters. The third-order valence-corrected chi connectivity index (χ3v) is 4.47. The molecular formula is C23H24N2O2. The van der Waals surface area contributed by atoms with Crippen molar-refractivity contribution in [3.05, 3.63) is 95.1 Å². The summed E-state index contributed by atoms with van der Waals surface area (Å²) in [4.78, 5) is 13.1. The van der Waals surface area contributed by atoms with Gasteiger partial charge in [-0.15, -0.1) is 0 Å². The highest BCUT2D eigenvalue weighted by molar-refractivity contribution is 5.98. The number of aliphatic hydroxyl groups excluding tert-OH is 1. The van der Waals surface area contributed by atoms with E-state index >= 15 is 0 Å². The maximum Gasteiger partial charge on any atom is 0.251 e. The van der Waals surface area contributed by atoms with Crippen molar-refractivity contribution in [1.29, 1.82) is 0 Å². The molecule has 1 amide bonds. The molecule has 0 bridgehead atoms. The Morgan fingerprint density at radius 1 is 0.963 bits per heavy atom. The van der Waals surface area contributed by atoms with Gasteiger partial charge in [0.25, 0.3) is 5.91 Å². The molecule has 0 saturated heterocycles. The molecule has 0 unspecified atom stereocenters. The lowest BCUT2D eigenvalue weighted by Crippen LogP contribution is -2.27. The molecule has 0 radical (unpaired) electrons. The average molecular weight is 360 g/mol. The van der Waals surface area contributed by atoms with E-state index in [1.54, 1.807) is 0 Å². The first-order chi connectivity index (χ1) is 13.1. The van der Waals surface area contributed by atoms with Crippen LogP contribution >= 0.6 is 0 Å². The molecule has 4 nitrogen and oxygen atoms in total. The van der Waals surface area contributed by atoms with E-state index in [-0.39, 0.29) is 12.5 Å². The van der Waals surface area contributed by atoms with E-state index in [9.17, 15) is 9.90 Å². The van der Waals surface area contributed by atoms with Gasteiger partial charge in [0, 0.05) is 11.4 Å². The smallest absolute Gasteiger partial charge is 0.251 e. The maximum absolute atomic E-state index is 13.1. The van der Waals surface area contributed by atoms with Crippen LogP contribution in [-0.2, 0) is 11.4 Å². The molecule has 138 valence electrons. The number of hydrogen-bond donors (Lipinski definition) is 3. The fraction of sp³-hybridized carbons (Fsp3) is 0.174. The van der Waals surface area contributed by atoms with E-state index in [1.165, 1.54) is 0 Å². The van der Waals surface area contributed by atoms with Crippen LogP contribution in [0.3, 0.4) is 0 Å². The normalized spacial score (nSPS) is 11.7. The Bertz CT molecular complexity index is 923. The molecule has 0 aliphatic carbocycles. The van der Waals surface area contributed by atoms with E-state index in [0.717, 1.165) is 33.6 Å². The van der Waals surface area contributed by atoms with Crippen LogP contribution in [0.1, 0.15) is 28.3 Å². The van der Waals surface area contributed by atoms with Crippen molar-refractivity contribution >= 4 is 17.3 Å². The number of nitrogens with one attached hydrogen (secondary N) is 2. The zero-order chi connectivity index (χ0) is 19.2. The Kier molecular flexibility index (Phi) is 5.89. The highest BCUT2D eigenvalue weighted by Crippen LogP contribution is 2.24. The highest BCUT2D eigenvalue weighted by atomic mass is 16.3. The van der Waals surface area contributed by atoms with E-state index < -0.39 is 6.04 Å². The van der Waals surface area contributed by atoms with Crippen molar-refractivity contribution in [3.8, 4) is 0 Å². The Morgan fingerprint density at radius 2 is 1.74 bits per heavy atom. The Balaban J connectivity index is 1.89. The first-order valence-electron chi connectivity index (χ1n) is 8.96. The van der Waals surface area contributed by atoms with Crippen molar-refractivity contribution < 1.29 is 9.90 Å². The van der Waals surface area contributed by atoms with Crippen LogP contribution in [0.25, 0.3) is 0 Å². The van der Waals surface area contributed by atoms with Gasteiger partial charge in [-0.05, 0) is 54.3 Å². The fourth-order valence-electron chi connectivity index (χ4n) is 2.95. The second-order valence-electron chi connectivity index (χ2n) is 6.65. The molecular weight excluding hydrogens is 336 g/mol. The van der Waals surface area contributed by atoms with Gasteiger partial charge in [-0.3, -0.25) is 4.79 Å². The summed E-state index contributed by atoms with van der Waals surface area (Å²) in [5, 5.41) is 15.7. The van der Waals surface area contributed by atoms with Gasteiger partial charge in [0.15, 0.2) is 0 Å². The quantitative estimate of drug-likeness (QED) is 0.603. The minimum absolute atomic E-state index is 0.0415. The summed E-state index contributed by atoms with van der Waals surface area (Å²) >= 11 is 0. The van der Waals surface area contributed by atoms with E-state index in [2.05, 4.69) is 10.6 Å². The van der Waals surface area contributed by atoms with Crippen molar-refractivity contribution in [2.75, 3.05) is 10.6 Å². The zero-order valence-corrected chi connectivity index (χ0v) is 15.6. The molecule has 4 heteroatoms. The Labute approximate surface area is 159 Å². The van der Waals surface area contributed by atoms with E-state index in [4.69, 9.17) is 0 Å². The second kappa shape index (κ2) is 8.52. The van der Waals surface area contributed by atoms with Gasteiger partial charge in [0.05, 0.1) is 6.61 Å². The molecule has 3 aromatic rings. The van der Waals surface area contributed by atoms with Gasteiger partial charge in [0.2, 0.25) is 0 Å². The third kappa shape index (κ3) is 4.74. The standard InChI is InChI=1S/C23H24N2O2/c1-16-11-12-17(2)21(13-16)25-23(27)22(19-8-4-3-5-9-19)24-20-10-6-7-18(14-20)15-26/h3-14,22,24,26H,15H2,1-2H3,(H,25,27)/t22-/m1/s1. The van der Waals surface area contributed by atoms with Gasteiger partial charge in [0.1, 0.15) is 6.04 Å². The predicted octanol–water partition coefficient (Wildman–Crippen LogP) is 4.59. The van der Waals surface area contributed by atoms with Crippen molar-refractivity contribution in [3.63, 3.8) is 0 Å². The van der Waals surface area contributed by atoms with Crippen LogP contribution in [0, 0.1) is 13.8 Å². The van der Waals surface area contributed by atoms with Crippen molar-refractivity contribution in [1.82, 2.24) is 0 Å². The molecule has 0 aliphatic rings. The maximum atomic E-state index is 13.1. The molecule has 0 spiro atoms. The molecule has 0 aliphatic heterocycles. The first kappa shape index (κ1) is 18.7. The first-order valence-corrected chi connectivity index (χ1v) is 8.96. The largest absolute Gasteiger partial charge is 0.392 e. The summed E-state index contributed by atoms with van der Waals surface area (Å²) in [5.74, 6) is -0.135. The summed E-state index contributed by atoms with van der Waals surface area (Å²) in [6.45, 7) is 3.94. The summed E-state index contributed by atoms with van der Waals surface area (Å²) in [7, 11) is 0. The van der Waals surface area contributed by atoms with Crippen LogP contribution < -0.4 is 10.6 Å². The fourth-order valence-corrected chi connectivity index (χ4v) is 2.95. The van der Waals surface area contributed by atoms with Gasteiger partial charge in [-0.25, -0.2) is 0 Å². The predicted molar refractivity (Wildman–Crippen MR) is 110 cm³/mol. The molecule has 27 heavy (non-hydrogen) atoms. The van der Waals surface area contributed by atoms with Crippen molar-refractivity contribution in [2.24, 2.45) is 0 Å². The number of hydrogen-bond acceptors (Lipinski definition) is 3. The number of benzene rings is 3. The second-order valence-corrected chi connectivity index (χ2v) is 6.65. The Morgan fingerprint density at radius 3 is 2.48 bits per heavy atom. The van der Waals surface area contributed by atoms with Crippen LogP contribution in [0.4, 0.5) is 11.4 Å². The lowest BCUT2D eigenvalue weighted by Gasteiger charge is -2.21. The number of rotatable bonds is 6.